The van der Waals surface area contributed by atoms with Crippen molar-refractivity contribution in [3.8, 4) is 0 Å². The van der Waals surface area contributed by atoms with Gasteiger partial charge in [-0.15, -0.1) is 12.4 Å². The largest absolute Gasteiger partial charge is 0.350 e. The second kappa shape index (κ2) is 4.85. The topological polar surface area (TPSA) is 55.1 Å². The lowest BCUT2D eigenvalue weighted by Gasteiger charge is -2.10. The number of nitrogens with two attached hydrogens (primary N) is 1. The number of benzene rings is 1. The Balaban J connectivity index is 0.00000128. The minimum Gasteiger partial charge on any atom is -0.350 e. The maximum absolute atomic E-state index is 11.5. The standard InChI is InChI=1S/C12H16N2O.ClH/c1-9-3-2-4-10(7-9)8-14-11(15)12(13)5-6-12;/h2-4,7H,5-6,8,13H2,1H3,(H,14,15);1H. The number of hydrogen-bond donors (Lipinski definition) is 2. The number of carbonyl (C=O) groups excluding carboxylic acids is 1. The van der Waals surface area contributed by atoms with Crippen molar-refractivity contribution in [3.05, 3.63) is 35.4 Å². The monoisotopic (exact) mass is 240 g/mol. The van der Waals surface area contributed by atoms with Gasteiger partial charge in [0.2, 0.25) is 5.91 Å². The van der Waals surface area contributed by atoms with E-state index in [2.05, 4.69) is 11.4 Å². The SMILES string of the molecule is Cc1cccc(CNC(=O)C2(N)CC2)c1.Cl. The fourth-order valence-electron chi connectivity index (χ4n) is 1.54. The van der Waals surface area contributed by atoms with Gasteiger partial charge < -0.3 is 11.1 Å². The summed E-state index contributed by atoms with van der Waals surface area (Å²) in [5, 5.41) is 2.86. The van der Waals surface area contributed by atoms with E-state index in [1.807, 2.05) is 25.1 Å². The van der Waals surface area contributed by atoms with Crippen LogP contribution in [0.1, 0.15) is 24.0 Å². The number of aryl methyl sites for hydroxylation is 1. The summed E-state index contributed by atoms with van der Waals surface area (Å²) in [5.41, 5.74) is 7.53. The zero-order valence-electron chi connectivity index (χ0n) is 9.32. The molecule has 2 rings (SSSR count). The van der Waals surface area contributed by atoms with Crippen LogP contribution in [-0.2, 0) is 11.3 Å². The molecular weight excluding hydrogens is 224 g/mol. The van der Waals surface area contributed by atoms with Crippen molar-refractivity contribution in [1.82, 2.24) is 5.32 Å². The van der Waals surface area contributed by atoms with Gasteiger partial charge in [-0.2, -0.15) is 0 Å². The summed E-state index contributed by atoms with van der Waals surface area (Å²) in [4.78, 5) is 11.5. The molecule has 3 N–H and O–H groups in total. The summed E-state index contributed by atoms with van der Waals surface area (Å²) in [6, 6.07) is 8.10. The summed E-state index contributed by atoms with van der Waals surface area (Å²) in [6.45, 7) is 2.61. The molecule has 1 fully saturated rings. The van der Waals surface area contributed by atoms with Gasteiger partial charge in [0.25, 0.3) is 0 Å². The average molecular weight is 241 g/mol. The predicted molar refractivity (Wildman–Crippen MR) is 66.4 cm³/mol. The molecule has 0 unspecified atom stereocenters. The van der Waals surface area contributed by atoms with Crippen molar-refractivity contribution >= 4 is 18.3 Å². The Morgan fingerprint density at radius 2 is 2.19 bits per heavy atom. The van der Waals surface area contributed by atoms with Crippen molar-refractivity contribution in [2.75, 3.05) is 0 Å². The van der Waals surface area contributed by atoms with Gasteiger partial charge in [0, 0.05) is 6.54 Å². The third kappa shape index (κ3) is 2.97. The van der Waals surface area contributed by atoms with Gasteiger partial charge in [-0.05, 0) is 25.3 Å². The van der Waals surface area contributed by atoms with Gasteiger partial charge in [-0.25, -0.2) is 0 Å². The van der Waals surface area contributed by atoms with Crippen molar-refractivity contribution in [1.29, 1.82) is 0 Å². The summed E-state index contributed by atoms with van der Waals surface area (Å²) in [6.07, 6.45) is 1.62. The molecule has 4 heteroatoms. The lowest BCUT2D eigenvalue weighted by atomic mass is 10.1. The third-order valence-corrected chi connectivity index (χ3v) is 2.78. The number of amides is 1. The zero-order chi connectivity index (χ0) is 10.9. The highest BCUT2D eigenvalue weighted by atomic mass is 35.5. The molecule has 1 aromatic rings. The van der Waals surface area contributed by atoms with Crippen LogP contribution in [0.15, 0.2) is 24.3 Å². The van der Waals surface area contributed by atoms with E-state index in [0.717, 1.165) is 18.4 Å². The van der Waals surface area contributed by atoms with Crippen LogP contribution in [0.4, 0.5) is 0 Å². The van der Waals surface area contributed by atoms with Crippen LogP contribution in [0.25, 0.3) is 0 Å². The molecule has 0 aromatic heterocycles. The maximum atomic E-state index is 11.5. The molecule has 0 radical (unpaired) electrons. The van der Waals surface area contributed by atoms with Crippen LogP contribution in [0.2, 0.25) is 0 Å². The molecule has 1 aliphatic rings. The lowest BCUT2D eigenvalue weighted by molar-refractivity contribution is -0.123. The molecule has 1 amide bonds. The van der Waals surface area contributed by atoms with E-state index in [4.69, 9.17) is 5.73 Å². The minimum absolute atomic E-state index is 0. The summed E-state index contributed by atoms with van der Waals surface area (Å²) < 4.78 is 0. The van der Waals surface area contributed by atoms with Crippen LogP contribution in [0.5, 0.6) is 0 Å². The molecule has 0 spiro atoms. The van der Waals surface area contributed by atoms with E-state index < -0.39 is 5.54 Å². The number of rotatable bonds is 3. The van der Waals surface area contributed by atoms with E-state index in [9.17, 15) is 4.79 Å². The third-order valence-electron chi connectivity index (χ3n) is 2.78. The van der Waals surface area contributed by atoms with E-state index >= 15 is 0 Å². The van der Waals surface area contributed by atoms with Gasteiger partial charge in [0.1, 0.15) is 0 Å². The van der Waals surface area contributed by atoms with Gasteiger partial charge >= 0.3 is 0 Å². The molecule has 1 aliphatic carbocycles. The fraction of sp³-hybridized carbons (Fsp3) is 0.417. The summed E-state index contributed by atoms with van der Waals surface area (Å²) in [7, 11) is 0. The molecule has 16 heavy (non-hydrogen) atoms. The predicted octanol–water partition coefficient (Wildman–Crippen LogP) is 1.52. The Morgan fingerprint density at radius 1 is 1.50 bits per heavy atom. The fourth-order valence-corrected chi connectivity index (χ4v) is 1.54. The first kappa shape index (κ1) is 13.0. The highest BCUT2D eigenvalue weighted by Gasteiger charge is 2.45. The highest BCUT2D eigenvalue weighted by molar-refractivity contribution is 5.88. The van der Waals surface area contributed by atoms with Crippen LogP contribution >= 0.6 is 12.4 Å². The van der Waals surface area contributed by atoms with Gasteiger partial charge in [-0.3, -0.25) is 4.79 Å². The first-order valence-corrected chi connectivity index (χ1v) is 5.23. The van der Waals surface area contributed by atoms with E-state index in [1.54, 1.807) is 0 Å². The molecule has 0 atom stereocenters. The second-order valence-electron chi connectivity index (χ2n) is 4.33. The van der Waals surface area contributed by atoms with Gasteiger partial charge in [0.05, 0.1) is 5.54 Å². The van der Waals surface area contributed by atoms with Crippen LogP contribution in [0.3, 0.4) is 0 Å². The summed E-state index contributed by atoms with van der Waals surface area (Å²) >= 11 is 0. The Kier molecular flexibility index (Phi) is 3.94. The lowest BCUT2D eigenvalue weighted by Crippen LogP contribution is -2.42. The normalized spacial score (nSPS) is 16.1. The number of halogens is 1. The smallest absolute Gasteiger partial charge is 0.240 e. The van der Waals surface area contributed by atoms with Crippen LogP contribution in [-0.4, -0.2) is 11.4 Å². The Bertz CT molecular complexity index is 388. The van der Waals surface area contributed by atoms with Crippen LogP contribution < -0.4 is 11.1 Å². The molecule has 0 aliphatic heterocycles. The minimum atomic E-state index is -0.566. The van der Waals surface area contributed by atoms with Gasteiger partial charge in [0.15, 0.2) is 0 Å². The Morgan fingerprint density at radius 3 is 2.75 bits per heavy atom. The van der Waals surface area contributed by atoms with Crippen LogP contribution in [0, 0.1) is 6.92 Å². The van der Waals surface area contributed by atoms with E-state index in [1.165, 1.54) is 5.56 Å². The molecule has 0 saturated heterocycles. The molecule has 0 heterocycles. The number of nitrogens with one attached hydrogen (secondary N) is 1. The number of hydrogen-bond acceptors (Lipinski definition) is 2. The second-order valence-corrected chi connectivity index (χ2v) is 4.33. The molecule has 88 valence electrons. The van der Waals surface area contributed by atoms with Crippen molar-refractivity contribution in [3.63, 3.8) is 0 Å². The molecule has 3 nitrogen and oxygen atoms in total. The molecule has 1 saturated carbocycles. The van der Waals surface area contributed by atoms with Gasteiger partial charge in [-0.1, -0.05) is 29.8 Å². The zero-order valence-corrected chi connectivity index (χ0v) is 10.1. The van der Waals surface area contributed by atoms with Crippen molar-refractivity contribution in [2.24, 2.45) is 5.73 Å². The van der Waals surface area contributed by atoms with Crippen molar-refractivity contribution in [2.45, 2.75) is 31.8 Å². The molecular formula is C12H17ClN2O. The average Bonchev–Trinajstić information content (AvgIpc) is 2.94. The first-order valence-electron chi connectivity index (χ1n) is 5.23. The van der Waals surface area contributed by atoms with E-state index in [0.29, 0.717) is 6.54 Å². The summed E-state index contributed by atoms with van der Waals surface area (Å²) in [5.74, 6) is -0.0241. The Labute approximate surface area is 102 Å². The Hall–Kier alpha value is -1.06. The molecule has 0 bridgehead atoms. The first-order chi connectivity index (χ1) is 7.10. The number of carbonyl (C=O) groups is 1. The van der Waals surface area contributed by atoms with E-state index in [-0.39, 0.29) is 18.3 Å². The quantitative estimate of drug-likeness (QED) is 0.842. The van der Waals surface area contributed by atoms with Crippen molar-refractivity contribution < 1.29 is 4.79 Å². The molecule has 1 aromatic carbocycles. The highest BCUT2D eigenvalue weighted by Crippen LogP contribution is 2.32. The maximum Gasteiger partial charge on any atom is 0.240 e.